The Bertz CT molecular complexity index is 614. The molecule has 0 radical (unpaired) electrons. The SMILES string of the molecule is CC(C)(C)c1cccc(OCCCC(O)c2ccc(F)cc2)c1. The van der Waals surface area contributed by atoms with Crippen molar-refractivity contribution in [2.24, 2.45) is 0 Å². The predicted molar refractivity (Wildman–Crippen MR) is 91.2 cm³/mol. The fourth-order valence-corrected chi connectivity index (χ4v) is 2.37. The molecule has 0 saturated heterocycles. The van der Waals surface area contributed by atoms with E-state index in [1.165, 1.54) is 17.7 Å². The van der Waals surface area contributed by atoms with Crippen LogP contribution in [0, 0.1) is 5.82 Å². The number of benzene rings is 2. The highest BCUT2D eigenvalue weighted by Crippen LogP contribution is 2.26. The van der Waals surface area contributed by atoms with Gasteiger partial charge in [0.15, 0.2) is 0 Å². The third kappa shape index (κ3) is 5.36. The maximum Gasteiger partial charge on any atom is 0.123 e. The van der Waals surface area contributed by atoms with Crippen LogP contribution in [0.2, 0.25) is 0 Å². The van der Waals surface area contributed by atoms with Crippen LogP contribution in [0.1, 0.15) is 50.8 Å². The zero-order valence-corrected chi connectivity index (χ0v) is 14.1. The van der Waals surface area contributed by atoms with Crippen molar-refractivity contribution in [3.05, 3.63) is 65.5 Å². The van der Waals surface area contributed by atoms with Crippen molar-refractivity contribution in [3.63, 3.8) is 0 Å². The molecular weight excluding hydrogens is 291 g/mol. The van der Waals surface area contributed by atoms with Gasteiger partial charge in [0.1, 0.15) is 11.6 Å². The van der Waals surface area contributed by atoms with E-state index in [1.807, 2.05) is 12.1 Å². The molecular formula is C20H25FO2. The molecule has 0 amide bonds. The summed E-state index contributed by atoms with van der Waals surface area (Å²) in [5.74, 6) is 0.566. The van der Waals surface area contributed by atoms with Gasteiger partial charge >= 0.3 is 0 Å². The Morgan fingerprint density at radius 1 is 1.09 bits per heavy atom. The Hall–Kier alpha value is -1.87. The highest BCUT2D eigenvalue weighted by atomic mass is 19.1. The monoisotopic (exact) mass is 316 g/mol. The molecule has 1 N–H and O–H groups in total. The second-order valence-corrected chi connectivity index (χ2v) is 6.84. The molecule has 0 aliphatic carbocycles. The van der Waals surface area contributed by atoms with Crippen LogP contribution in [0.25, 0.3) is 0 Å². The summed E-state index contributed by atoms with van der Waals surface area (Å²) in [6.45, 7) is 7.06. The number of aliphatic hydroxyl groups excluding tert-OH is 1. The largest absolute Gasteiger partial charge is 0.494 e. The Morgan fingerprint density at radius 2 is 1.78 bits per heavy atom. The third-order valence-corrected chi connectivity index (χ3v) is 3.85. The van der Waals surface area contributed by atoms with Crippen molar-refractivity contribution in [1.29, 1.82) is 0 Å². The van der Waals surface area contributed by atoms with Crippen molar-refractivity contribution in [2.75, 3.05) is 6.61 Å². The van der Waals surface area contributed by atoms with Crippen LogP contribution in [0.15, 0.2) is 48.5 Å². The molecule has 0 heterocycles. The van der Waals surface area contributed by atoms with Crippen LogP contribution in [0.4, 0.5) is 4.39 Å². The van der Waals surface area contributed by atoms with Crippen molar-refractivity contribution in [2.45, 2.75) is 45.1 Å². The molecule has 0 aromatic heterocycles. The summed E-state index contributed by atoms with van der Waals surface area (Å²) < 4.78 is 18.6. The number of rotatable bonds is 6. The Kier molecular flexibility index (Phi) is 5.78. The standard InChI is InChI=1S/C20H25FO2/c1-20(2,3)16-6-4-7-18(14-16)23-13-5-8-19(22)15-9-11-17(21)12-10-15/h4,6-7,9-12,14,19,22H,5,8,13H2,1-3H3. The fraction of sp³-hybridized carbons (Fsp3) is 0.400. The summed E-state index contributed by atoms with van der Waals surface area (Å²) in [7, 11) is 0. The summed E-state index contributed by atoms with van der Waals surface area (Å²) >= 11 is 0. The van der Waals surface area contributed by atoms with Crippen LogP contribution in [-0.2, 0) is 5.41 Å². The van der Waals surface area contributed by atoms with Crippen LogP contribution < -0.4 is 4.74 Å². The first-order chi connectivity index (χ1) is 10.9. The van der Waals surface area contributed by atoms with E-state index in [1.54, 1.807) is 12.1 Å². The van der Waals surface area contributed by atoms with E-state index in [0.717, 1.165) is 17.7 Å². The second kappa shape index (κ2) is 7.60. The smallest absolute Gasteiger partial charge is 0.123 e. The van der Waals surface area contributed by atoms with Gasteiger partial charge in [0.2, 0.25) is 0 Å². The van der Waals surface area contributed by atoms with Gasteiger partial charge in [0, 0.05) is 0 Å². The Labute approximate surface area is 137 Å². The van der Waals surface area contributed by atoms with E-state index in [0.29, 0.717) is 13.0 Å². The van der Waals surface area contributed by atoms with Gasteiger partial charge in [0.05, 0.1) is 12.7 Å². The minimum atomic E-state index is -0.583. The topological polar surface area (TPSA) is 29.5 Å². The molecule has 2 nitrogen and oxygen atoms in total. The lowest BCUT2D eigenvalue weighted by atomic mass is 9.87. The molecule has 0 bridgehead atoms. The van der Waals surface area contributed by atoms with E-state index >= 15 is 0 Å². The van der Waals surface area contributed by atoms with Crippen LogP contribution in [0.3, 0.4) is 0 Å². The third-order valence-electron chi connectivity index (χ3n) is 3.85. The lowest BCUT2D eigenvalue weighted by molar-refractivity contribution is 0.154. The lowest BCUT2D eigenvalue weighted by Crippen LogP contribution is -2.11. The zero-order valence-electron chi connectivity index (χ0n) is 14.1. The van der Waals surface area contributed by atoms with Crippen LogP contribution >= 0.6 is 0 Å². The van der Waals surface area contributed by atoms with E-state index in [9.17, 15) is 9.50 Å². The predicted octanol–water partition coefficient (Wildman–Crippen LogP) is 5.02. The molecule has 23 heavy (non-hydrogen) atoms. The van der Waals surface area contributed by atoms with Crippen molar-refractivity contribution >= 4 is 0 Å². The molecule has 0 aliphatic rings. The maximum atomic E-state index is 12.9. The quantitative estimate of drug-likeness (QED) is 0.759. The average Bonchev–Trinajstić information content (AvgIpc) is 2.51. The first-order valence-electron chi connectivity index (χ1n) is 8.03. The van der Waals surface area contributed by atoms with Gasteiger partial charge in [-0.25, -0.2) is 4.39 Å². The second-order valence-electron chi connectivity index (χ2n) is 6.84. The minimum Gasteiger partial charge on any atom is -0.494 e. The average molecular weight is 316 g/mol. The summed E-state index contributed by atoms with van der Waals surface area (Å²) in [6.07, 6.45) is 0.739. The molecule has 0 aliphatic heterocycles. The summed E-state index contributed by atoms with van der Waals surface area (Å²) in [4.78, 5) is 0. The van der Waals surface area contributed by atoms with E-state index < -0.39 is 6.10 Å². The number of ether oxygens (including phenoxy) is 1. The van der Waals surface area contributed by atoms with E-state index in [-0.39, 0.29) is 11.2 Å². The van der Waals surface area contributed by atoms with Gasteiger partial charge in [-0.15, -0.1) is 0 Å². The van der Waals surface area contributed by atoms with Gasteiger partial charge in [-0.1, -0.05) is 45.0 Å². The fourth-order valence-electron chi connectivity index (χ4n) is 2.37. The highest BCUT2D eigenvalue weighted by molar-refractivity contribution is 5.32. The van der Waals surface area contributed by atoms with Gasteiger partial charge in [0.25, 0.3) is 0 Å². The molecule has 0 spiro atoms. The molecule has 2 rings (SSSR count). The lowest BCUT2D eigenvalue weighted by Gasteiger charge is -2.20. The van der Waals surface area contributed by atoms with Gasteiger partial charge in [-0.3, -0.25) is 0 Å². The van der Waals surface area contributed by atoms with Crippen molar-refractivity contribution < 1.29 is 14.2 Å². The maximum absolute atomic E-state index is 12.9. The van der Waals surface area contributed by atoms with Gasteiger partial charge < -0.3 is 9.84 Å². The summed E-state index contributed by atoms with van der Waals surface area (Å²) in [6, 6.07) is 14.1. The van der Waals surface area contributed by atoms with Crippen LogP contribution in [-0.4, -0.2) is 11.7 Å². The summed E-state index contributed by atoms with van der Waals surface area (Å²) in [5.41, 5.74) is 2.07. The number of hydrogen-bond acceptors (Lipinski definition) is 2. The molecule has 2 aromatic carbocycles. The van der Waals surface area contributed by atoms with E-state index in [2.05, 4.69) is 32.9 Å². The van der Waals surface area contributed by atoms with Crippen LogP contribution in [0.5, 0.6) is 5.75 Å². The number of halogens is 1. The minimum absolute atomic E-state index is 0.0954. The summed E-state index contributed by atoms with van der Waals surface area (Å²) in [5, 5.41) is 10.1. The normalized spacial score (nSPS) is 12.9. The molecule has 124 valence electrons. The van der Waals surface area contributed by atoms with Gasteiger partial charge in [-0.2, -0.15) is 0 Å². The van der Waals surface area contributed by atoms with Gasteiger partial charge in [-0.05, 0) is 53.6 Å². The Balaban J connectivity index is 1.80. The number of aliphatic hydroxyl groups is 1. The molecule has 0 saturated carbocycles. The molecule has 2 aromatic rings. The molecule has 3 heteroatoms. The molecule has 1 atom stereocenters. The Morgan fingerprint density at radius 3 is 2.43 bits per heavy atom. The first-order valence-corrected chi connectivity index (χ1v) is 8.03. The molecule has 1 unspecified atom stereocenters. The van der Waals surface area contributed by atoms with Crippen molar-refractivity contribution in [3.8, 4) is 5.75 Å². The number of hydrogen-bond donors (Lipinski definition) is 1. The highest BCUT2D eigenvalue weighted by Gasteiger charge is 2.14. The zero-order chi connectivity index (χ0) is 16.9. The van der Waals surface area contributed by atoms with Crippen molar-refractivity contribution in [1.82, 2.24) is 0 Å². The first kappa shape index (κ1) is 17.5. The molecule has 0 fully saturated rings. The van der Waals surface area contributed by atoms with E-state index in [4.69, 9.17) is 4.74 Å².